The number of hydrogen-bond donors (Lipinski definition) is 0. The highest BCUT2D eigenvalue weighted by atomic mass is 19.3. The Kier molecular flexibility index (Phi) is 3.10. The van der Waals surface area contributed by atoms with Crippen LogP contribution in [0.15, 0.2) is 11.8 Å². The van der Waals surface area contributed by atoms with Crippen molar-refractivity contribution in [1.82, 2.24) is 0 Å². The van der Waals surface area contributed by atoms with Gasteiger partial charge in [0.2, 0.25) is 0 Å². The fourth-order valence-corrected chi connectivity index (χ4v) is 2.83. The minimum Gasteiger partial charge on any atom is -0.481 e. The first-order valence-electron chi connectivity index (χ1n) is 6.58. The highest BCUT2D eigenvalue weighted by Crippen LogP contribution is 2.44. The molecule has 0 aromatic heterocycles. The van der Waals surface area contributed by atoms with Crippen molar-refractivity contribution >= 4 is 0 Å². The molecule has 4 atom stereocenters. The highest BCUT2D eigenvalue weighted by molar-refractivity contribution is 5.16. The molecule has 0 aromatic rings. The standard InChI is InChI=1S/C13H18F2O5/c1-12(2)16-5-6(18-12)7-8-9(10(17-7)11(14)15)20-13(3,4)19-8/h6-9H,5H2,1-4H3/t6-,7+,8-,9-/m1/s1. The van der Waals surface area contributed by atoms with Gasteiger partial charge in [-0.1, -0.05) is 0 Å². The van der Waals surface area contributed by atoms with Crippen molar-refractivity contribution in [2.75, 3.05) is 6.61 Å². The van der Waals surface area contributed by atoms with Gasteiger partial charge in [-0.25, -0.2) is 0 Å². The molecule has 114 valence electrons. The van der Waals surface area contributed by atoms with Gasteiger partial charge < -0.3 is 23.7 Å². The third-order valence-electron chi connectivity index (χ3n) is 3.56. The van der Waals surface area contributed by atoms with E-state index in [1.54, 1.807) is 27.7 Å². The Balaban J connectivity index is 1.85. The Bertz CT molecular complexity index is 444. The molecule has 0 N–H and O–H groups in total. The topological polar surface area (TPSA) is 46.2 Å². The third-order valence-corrected chi connectivity index (χ3v) is 3.56. The van der Waals surface area contributed by atoms with E-state index in [4.69, 9.17) is 23.7 Å². The van der Waals surface area contributed by atoms with Gasteiger partial charge in [-0.15, -0.1) is 0 Å². The first kappa shape index (κ1) is 14.2. The molecule has 0 unspecified atom stereocenters. The lowest BCUT2D eigenvalue weighted by atomic mass is 10.1. The van der Waals surface area contributed by atoms with Crippen LogP contribution in [-0.4, -0.2) is 42.6 Å². The van der Waals surface area contributed by atoms with Crippen molar-refractivity contribution < 1.29 is 32.5 Å². The van der Waals surface area contributed by atoms with E-state index in [-0.39, 0.29) is 6.61 Å². The van der Waals surface area contributed by atoms with E-state index in [9.17, 15) is 8.78 Å². The van der Waals surface area contributed by atoms with Gasteiger partial charge in [0.25, 0.3) is 0 Å². The maximum Gasteiger partial charge on any atom is 0.310 e. The zero-order valence-corrected chi connectivity index (χ0v) is 11.8. The summed E-state index contributed by atoms with van der Waals surface area (Å²) in [6.45, 7) is 7.17. The van der Waals surface area contributed by atoms with Crippen LogP contribution in [0, 0.1) is 0 Å². The number of ether oxygens (including phenoxy) is 5. The van der Waals surface area contributed by atoms with Crippen LogP contribution in [0.5, 0.6) is 0 Å². The van der Waals surface area contributed by atoms with E-state index in [1.165, 1.54) is 0 Å². The van der Waals surface area contributed by atoms with Gasteiger partial charge >= 0.3 is 6.08 Å². The number of fused-ring (bicyclic) bond motifs is 1. The molecule has 3 rings (SSSR count). The molecule has 0 aliphatic carbocycles. The Hall–Kier alpha value is -0.760. The summed E-state index contributed by atoms with van der Waals surface area (Å²) >= 11 is 0. The number of rotatable bonds is 1. The summed E-state index contributed by atoms with van der Waals surface area (Å²) in [5.41, 5.74) is 0. The van der Waals surface area contributed by atoms with Crippen LogP contribution >= 0.6 is 0 Å². The highest BCUT2D eigenvalue weighted by Gasteiger charge is 2.59. The van der Waals surface area contributed by atoms with E-state index >= 15 is 0 Å². The second-order valence-electron chi connectivity index (χ2n) is 6.10. The second kappa shape index (κ2) is 4.37. The third kappa shape index (κ3) is 2.32. The molecule has 3 saturated heterocycles. The maximum absolute atomic E-state index is 13.0. The van der Waals surface area contributed by atoms with Crippen LogP contribution < -0.4 is 0 Å². The van der Waals surface area contributed by atoms with E-state index < -0.39 is 47.8 Å². The Morgan fingerprint density at radius 2 is 1.70 bits per heavy atom. The van der Waals surface area contributed by atoms with Crippen molar-refractivity contribution in [3.05, 3.63) is 11.8 Å². The summed E-state index contributed by atoms with van der Waals surface area (Å²) in [4.78, 5) is 0. The molecule has 0 radical (unpaired) electrons. The molecule has 20 heavy (non-hydrogen) atoms. The molecule has 0 saturated carbocycles. The summed E-state index contributed by atoms with van der Waals surface area (Å²) in [7, 11) is 0. The molecule has 5 nitrogen and oxygen atoms in total. The zero-order chi connectivity index (χ0) is 14.7. The normalized spacial score (nSPS) is 41.6. The number of halogens is 2. The lowest BCUT2D eigenvalue weighted by molar-refractivity contribution is -0.188. The van der Waals surface area contributed by atoms with Gasteiger partial charge in [-0.2, -0.15) is 8.78 Å². The average molecular weight is 292 g/mol. The van der Waals surface area contributed by atoms with Crippen LogP contribution in [0.25, 0.3) is 0 Å². The van der Waals surface area contributed by atoms with Gasteiger partial charge in [-0.05, 0) is 27.7 Å². The minimum absolute atomic E-state index is 0.270. The van der Waals surface area contributed by atoms with Crippen LogP contribution in [0.2, 0.25) is 0 Å². The largest absolute Gasteiger partial charge is 0.481 e. The predicted molar refractivity (Wildman–Crippen MR) is 62.8 cm³/mol. The Morgan fingerprint density at radius 3 is 2.25 bits per heavy atom. The van der Waals surface area contributed by atoms with Gasteiger partial charge in [0, 0.05) is 0 Å². The van der Waals surface area contributed by atoms with Gasteiger partial charge in [-0.3, -0.25) is 0 Å². The second-order valence-corrected chi connectivity index (χ2v) is 6.10. The summed E-state index contributed by atoms with van der Waals surface area (Å²) in [6, 6.07) is 0. The van der Waals surface area contributed by atoms with E-state index in [1.807, 2.05) is 0 Å². The maximum atomic E-state index is 13.0. The van der Waals surface area contributed by atoms with Gasteiger partial charge in [0.05, 0.1) is 6.61 Å². The van der Waals surface area contributed by atoms with Crippen LogP contribution in [0.4, 0.5) is 8.78 Å². The zero-order valence-electron chi connectivity index (χ0n) is 11.8. The summed E-state index contributed by atoms with van der Waals surface area (Å²) < 4.78 is 53.7. The van der Waals surface area contributed by atoms with Gasteiger partial charge in [0.1, 0.15) is 12.2 Å². The van der Waals surface area contributed by atoms with Crippen molar-refractivity contribution in [3.8, 4) is 0 Å². The van der Waals surface area contributed by atoms with Crippen molar-refractivity contribution in [2.24, 2.45) is 0 Å². The van der Waals surface area contributed by atoms with Gasteiger partial charge in [0.15, 0.2) is 29.5 Å². The fourth-order valence-electron chi connectivity index (χ4n) is 2.83. The number of hydrogen-bond acceptors (Lipinski definition) is 5. The lowest BCUT2D eigenvalue weighted by Crippen LogP contribution is -2.40. The molecule has 0 spiro atoms. The summed E-state index contributed by atoms with van der Waals surface area (Å²) in [5, 5.41) is 0. The summed E-state index contributed by atoms with van der Waals surface area (Å²) in [6.07, 6.45) is -4.54. The molecular weight excluding hydrogens is 274 g/mol. The average Bonchev–Trinajstić information content (AvgIpc) is 2.88. The van der Waals surface area contributed by atoms with Crippen LogP contribution in [0.3, 0.4) is 0 Å². The molecule has 0 aromatic carbocycles. The van der Waals surface area contributed by atoms with Crippen molar-refractivity contribution in [3.63, 3.8) is 0 Å². The van der Waals surface area contributed by atoms with E-state index in [0.29, 0.717) is 0 Å². The minimum atomic E-state index is -1.89. The van der Waals surface area contributed by atoms with Crippen molar-refractivity contribution in [2.45, 2.75) is 63.7 Å². The monoisotopic (exact) mass is 292 g/mol. The molecule has 0 amide bonds. The lowest BCUT2D eigenvalue weighted by Gasteiger charge is -2.25. The first-order chi connectivity index (χ1) is 9.19. The van der Waals surface area contributed by atoms with E-state index in [2.05, 4.69) is 0 Å². The Morgan fingerprint density at radius 1 is 1.00 bits per heavy atom. The quantitative estimate of drug-likeness (QED) is 0.741. The van der Waals surface area contributed by atoms with E-state index in [0.717, 1.165) is 0 Å². The molecule has 3 heterocycles. The van der Waals surface area contributed by atoms with Crippen LogP contribution in [-0.2, 0) is 23.7 Å². The molecular formula is C13H18F2O5. The fraction of sp³-hybridized carbons (Fsp3) is 0.846. The van der Waals surface area contributed by atoms with Crippen molar-refractivity contribution in [1.29, 1.82) is 0 Å². The SMILES string of the molecule is CC1(C)OC[C@H]([C@@H]2OC(=C(F)F)[C@@H]3OC(C)(C)O[C@H]23)O1. The molecule has 3 aliphatic rings. The van der Waals surface area contributed by atoms with Crippen LogP contribution in [0.1, 0.15) is 27.7 Å². The summed E-state index contributed by atoms with van der Waals surface area (Å²) in [5.74, 6) is -2.13. The molecule has 7 heteroatoms. The molecule has 3 aliphatic heterocycles. The smallest absolute Gasteiger partial charge is 0.310 e. The Labute approximate surface area is 115 Å². The molecule has 0 bridgehead atoms. The molecule has 3 fully saturated rings. The first-order valence-corrected chi connectivity index (χ1v) is 6.58. The predicted octanol–water partition coefficient (Wildman–Crippen LogP) is 2.16.